The zero-order valence-corrected chi connectivity index (χ0v) is 22.3. The molecule has 0 spiro atoms. The van der Waals surface area contributed by atoms with Gasteiger partial charge in [-0.25, -0.2) is 0 Å². The summed E-state index contributed by atoms with van der Waals surface area (Å²) in [6.07, 6.45) is 0. The van der Waals surface area contributed by atoms with Crippen LogP contribution < -0.4 is 0 Å². The van der Waals surface area contributed by atoms with Crippen LogP contribution >= 0.6 is 0 Å². The number of hydrogen-bond acceptors (Lipinski definition) is 4. The van der Waals surface area contributed by atoms with Gasteiger partial charge in [0.2, 0.25) is 0 Å². The summed E-state index contributed by atoms with van der Waals surface area (Å²) in [6, 6.07) is 38.4. The Bertz CT molecular complexity index is 2030. The Kier molecular flexibility index (Phi) is 5.79. The van der Waals surface area contributed by atoms with Crippen LogP contribution in [0.4, 0.5) is 5.69 Å². The summed E-state index contributed by atoms with van der Waals surface area (Å²) in [5, 5.41) is 2.35. The van der Waals surface area contributed by atoms with Gasteiger partial charge in [-0.3, -0.25) is 0 Å². The molecule has 5 aromatic carbocycles. The summed E-state index contributed by atoms with van der Waals surface area (Å²) in [5.41, 5.74) is 5.41. The van der Waals surface area contributed by atoms with Crippen molar-refractivity contribution in [2.24, 2.45) is 0 Å². The van der Waals surface area contributed by atoms with Crippen molar-refractivity contribution in [2.45, 2.75) is 0 Å². The van der Waals surface area contributed by atoms with E-state index in [1.807, 2.05) is 54.6 Å². The zero-order valence-electron chi connectivity index (χ0n) is 20.6. The first-order chi connectivity index (χ1) is 19.2. The average Bonchev–Trinajstić information content (AvgIpc) is 3.47. The second-order valence-electron chi connectivity index (χ2n) is 9.07. The SMILES string of the molecule is [C-]#[N+]c1cccc(-c2nc(-c3ccccc3)nc(-c3ccc4c(ccc5nc(-c6ccccc6)[se]c54)c3)n2)c1. The molecule has 6 heteroatoms. The summed E-state index contributed by atoms with van der Waals surface area (Å²) in [7, 11) is 0. The molecule has 2 aromatic heterocycles. The fourth-order valence-corrected chi connectivity index (χ4v) is 6.94. The van der Waals surface area contributed by atoms with Gasteiger partial charge in [0.25, 0.3) is 0 Å². The molecule has 0 unspecified atom stereocenters. The normalized spacial score (nSPS) is 11.1. The molecule has 0 atom stereocenters. The standard InChI is InChI=1S/C33H19N5Se/c1-34-26-14-8-13-24(20-26)31-36-30(21-9-4-2-5-10-21)37-32(38-31)25-15-17-27-23(19-25)16-18-28-29(27)39-33(35-28)22-11-6-3-7-12-22/h2-20H. The Labute approximate surface area is 231 Å². The number of hydrogen-bond donors (Lipinski definition) is 0. The van der Waals surface area contributed by atoms with Crippen LogP contribution in [0.25, 0.3) is 69.7 Å². The van der Waals surface area contributed by atoms with E-state index in [2.05, 4.69) is 59.4 Å². The van der Waals surface area contributed by atoms with Crippen molar-refractivity contribution in [3.63, 3.8) is 0 Å². The molecule has 182 valence electrons. The van der Waals surface area contributed by atoms with E-state index in [0.717, 1.165) is 32.2 Å². The van der Waals surface area contributed by atoms with Crippen molar-refractivity contribution in [3.05, 3.63) is 127 Å². The molecule has 7 rings (SSSR count). The van der Waals surface area contributed by atoms with E-state index in [-0.39, 0.29) is 14.5 Å². The van der Waals surface area contributed by atoms with Crippen LogP contribution in [0.15, 0.2) is 115 Å². The molecule has 0 amide bonds. The van der Waals surface area contributed by atoms with E-state index in [9.17, 15) is 0 Å². The molecule has 0 N–H and O–H groups in total. The minimum absolute atomic E-state index is 0.131. The predicted octanol–water partition coefficient (Wildman–Crippen LogP) is 7.85. The fraction of sp³-hybridized carbons (Fsp3) is 0. The molecule has 0 radical (unpaired) electrons. The van der Waals surface area contributed by atoms with E-state index >= 15 is 0 Å². The first-order valence-corrected chi connectivity index (χ1v) is 14.1. The van der Waals surface area contributed by atoms with Crippen LogP contribution in [-0.4, -0.2) is 34.4 Å². The van der Waals surface area contributed by atoms with Gasteiger partial charge < -0.3 is 0 Å². The van der Waals surface area contributed by atoms with Gasteiger partial charge >= 0.3 is 225 Å². The third kappa shape index (κ3) is 4.40. The van der Waals surface area contributed by atoms with E-state index in [4.69, 9.17) is 26.5 Å². The molecular formula is C33H19N5Se. The maximum absolute atomic E-state index is 7.41. The van der Waals surface area contributed by atoms with Gasteiger partial charge in [-0.1, -0.05) is 0 Å². The van der Waals surface area contributed by atoms with Gasteiger partial charge in [0.05, 0.1) is 6.57 Å². The molecule has 0 aliphatic rings. The summed E-state index contributed by atoms with van der Waals surface area (Å²) >= 11 is 0.131. The number of benzene rings is 5. The van der Waals surface area contributed by atoms with Crippen molar-refractivity contribution >= 4 is 40.7 Å². The van der Waals surface area contributed by atoms with Crippen molar-refractivity contribution in [2.75, 3.05) is 0 Å². The van der Waals surface area contributed by atoms with Gasteiger partial charge in [0.1, 0.15) is 0 Å². The van der Waals surface area contributed by atoms with E-state index < -0.39 is 0 Å². The second kappa shape index (κ2) is 9.74. The predicted molar refractivity (Wildman–Crippen MR) is 158 cm³/mol. The van der Waals surface area contributed by atoms with E-state index in [1.165, 1.54) is 15.2 Å². The van der Waals surface area contributed by atoms with Gasteiger partial charge in [0, 0.05) is 0 Å². The van der Waals surface area contributed by atoms with Crippen molar-refractivity contribution in [1.29, 1.82) is 0 Å². The maximum atomic E-state index is 7.41. The van der Waals surface area contributed by atoms with Crippen LogP contribution in [0.3, 0.4) is 0 Å². The average molecular weight is 565 g/mol. The Morgan fingerprint density at radius 1 is 0.538 bits per heavy atom. The number of fused-ring (bicyclic) bond motifs is 3. The van der Waals surface area contributed by atoms with Gasteiger partial charge in [0.15, 0.2) is 0 Å². The van der Waals surface area contributed by atoms with Crippen LogP contribution in [-0.2, 0) is 0 Å². The van der Waals surface area contributed by atoms with E-state index in [0.29, 0.717) is 23.2 Å². The molecule has 2 heterocycles. The van der Waals surface area contributed by atoms with Gasteiger partial charge in [-0.05, 0) is 0 Å². The molecule has 0 fully saturated rings. The number of rotatable bonds is 4. The molecule has 0 aliphatic heterocycles. The third-order valence-electron chi connectivity index (χ3n) is 6.55. The van der Waals surface area contributed by atoms with Crippen molar-refractivity contribution in [3.8, 4) is 44.3 Å². The van der Waals surface area contributed by atoms with Gasteiger partial charge in [-0.2, -0.15) is 0 Å². The monoisotopic (exact) mass is 565 g/mol. The fourth-order valence-electron chi connectivity index (χ4n) is 4.62. The van der Waals surface area contributed by atoms with Gasteiger partial charge in [-0.15, -0.1) is 0 Å². The molecule has 0 saturated carbocycles. The van der Waals surface area contributed by atoms with Crippen molar-refractivity contribution in [1.82, 2.24) is 19.9 Å². The molecule has 0 bridgehead atoms. The Balaban J connectivity index is 1.37. The Morgan fingerprint density at radius 2 is 1.18 bits per heavy atom. The molecule has 39 heavy (non-hydrogen) atoms. The first kappa shape index (κ1) is 23.2. The molecule has 0 saturated heterocycles. The summed E-state index contributed by atoms with van der Waals surface area (Å²) in [6.45, 7) is 7.41. The van der Waals surface area contributed by atoms with E-state index in [1.54, 1.807) is 6.07 Å². The number of aromatic nitrogens is 4. The topological polar surface area (TPSA) is 55.9 Å². The van der Waals surface area contributed by atoms with Crippen molar-refractivity contribution < 1.29 is 0 Å². The first-order valence-electron chi connectivity index (χ1n) is 12.4. The zero-order chi connectivity index (χ0) is 26.2. The number of nitrogens with zero attached hydrogens (tertiary/aromatic N) is 5. The summed E-state index contributed by atoms with van der Waals surface area (Å²) in [5.74, 6) is 1.74. The second-order valence-corrected chi connectivity index (χ2v) is 11.2. The Morgan fingerprint density at radius 3 is 1.90 bits per heavy atom. The minimum atomic E-state index is 0.131. The molecule has 0 aliphatic carbocycles. The van der Waals surface area contributed by atoms with Crippen LogP contribution in [0.1, 0.15) is 0 Å². The Hall–Kier alpha value is -4.95. The van der Waals surface area contributed by atoms with Crippen LogP contribution in [0.2, 0.25) is 0 Å². The third-order valence-corrected chi connectivity index (χ3v) is 8.97. The summed E-state index contributed by atoms with van der Waals surface area (Å²) in [4.78, 5) is 23.0. The summed E-state index contributed by atoms with van der Waals surface area (Å²) < 4.78 is 2.47. The molecule has 7 aromatic rings. The van der Waals surface area contributed by atoms with Crippen LogP contribution in [0.5, 0.6) is 0 Å². The quantitative estimate of drug-likeness (QED) is 0.161. The molecular weight excluding hydrogens is 545 g/mol. The molecule has 5 nitrogen and oxygen atoms in total. The van der Waals surface area contributed by atoms with Crippen LogP contribution in [0, 0.1) is 6.57 Å².